The molecule has 0 atom stereocenters. The maximum absolute atomic E-state index is 13.0. The Hall–Kier alpha value is -2.50. The van der Waals surface area contributed by atoms with Gasteiger partial charge in [0, 0.05) is 5.41 Å². The van der Waals surface area contributed by atoms with Crippen LogP contribution >= 0.6 is 0 Å². The number of aromatic nitrogens is 3. The molecule has 1 amide bonds. The molecule has 0 saturated heterocycles. The Morgan fingerprint density at radius 2 is 1.70 bits per heavy atom. The van der Waals surface area contributed by atoms with Gasteiger partial charge in [-0.15, -0.1) is 5.10 Å². The third-order valence-electron chi connectivity index (χ3n) is 7.35. The van der Waals surface area contributed by atoms with E-state index in [0.29, 0.717) is 0 Å². The van der Waals surface area contributed by atoms with Gasteiger partial charge >= 0.3 is 0 Å². The molecular formula is C24H31N5O. The normalized spacial score (nSPS) is 30.2. The van der Waals surface area contributed by atoms with E-state index in [1.54, 1.807) is 6.21 Å². The third-order valence-corrected chi connectivity index (χ3v) is 7.35. The average molecular weight is 406 g/mol. The monoisotopic (exact) mass is 405 g/mol. The van der Waals surface area contributed by atoms with E-state index in [1.165, 1.54) is 19.3 Å². The van der Waals surface area contributed by atoms with Gasteiger partial charge < -0.3 is 0 Å². The van der Waals surface area contributed by atoms with Gasteiger partial charge in [0.15, 0.2) is 0 Å². The molecule has 4 aliphatic carbocycles. The maximum atomic E-state index is 13.0. The Morgan fingerprint density at radius 1 is 1.10 bits per heavy atom. The predicted molar refractivity (Wildman–Crippen MR) is 116 cm³/mol. The summed E-state index contributed by atoms with van der Waals surface area (Å²) in [5.41, 5.74) is 5.64. The predicted octanol–water partition coefficient (Wildman–Crippen LogP) is 4.23. The van der Waals surface area contributed by atoms with Gasteiger partial charge in [-0.05, 0) is 74.0 Å². The van der Waals surface area contributed by atoms with Crippen molar-refractivity contribution in [3.8, 4) is 5.69 Å². The van der Waals surface area contributed by atoms with E-state index in [1.807, 2.05) is 35.1 Å². The van der Waals surface area contributed by atoms with E-state index in [0.717, 1.165) is 54.0 Å². The number of carbonyl (C=O) groups excluding carboxylic acids is 1. The first-order chi connectivity index (χ1) is 14.3. The largest absolute Gasteiger partial charge is 0.273 e. The molecule has 1 N–H and O–H groups in total. The van der Waals surface area contributed by atoms with Crippen molar-refractivity contribution in [1.82, 2.24) is 20.4 Å². The highest BCUT2D eigenvalue weighted by atomic mass is 16.2. The first kappa shape index (κ1) is 19.5. The zero-order valence-electron chi connectivity index (χ0n) is 18.1. The van der Waals surface area contributed by atoms with Crippen LogP contribution in [-0.2, 0) is 10.2 Å². The zero-order chi connectivity index (χ0) is 20.9. The minimum atomic E-state index is -0.160. The van der Waals surface area contributed by atoms with Crippen molar-refractivity contribution in [1.29, 1.82) is 0 Å². The van der Waals surface area contributed by atoms with Crippen LogP contribution in [0.3, 0.4) is 0 Å². The standard InChI is InChI=1S/C24H31N5O/c1-23(2,3)21-15-26-28-29(21)20-6-4-16(5-7-20)14-25-27-22(30)24-11-17-8-18(12-24)10-19(9-17)13-24/h4-7,14-15,17-19H,8-13H2,1-3H3,(H,27,30). The topological polar surface area (TPSA) is 72.2 Å². The highest BCUT2D eigenvalue weighted by molar-refractivity contribution is 5.86. The summed E-state index contributed by atoms with van der Waals surface area (Å²) in [6.07, 6.45) is 10.7. The van der Waals surface area contributed by atoms with Crippen LogP contribution in [0.5, 0.6) is 0 Å². The van der Waals surface area contributed by atoms with Gasteiger partial charge in [-0.3, -0.25) is 4.79 Å². The van der Waals surface area contributed by atoms with Crippen LogP contribution in [0.15, 0.2) is 35.6 Å². The van der Waals surface area contributed by atoms with Crippen LogP contribution in [0.25, 0.3) is 5.69 Å². The molecule has 0 radical (unpaired) electrons. The van der Waals surface area contributed by atoms with E-state index in [9.17, 15) is 4.79 Å². The fraction of sp³-hybridized carbons (Fsp3) is 0.583. The molecule has 4 aliphatic rings. The summed E-state index contributed by atoms with van der Waals surface area (Å²) in [6, 6.07) is 7.99. The minimum Gasteiger partial charge on any atom is -0.273 e. The molecule has 158 valence electrons. The molecule has 0 spiro atoms. The summed E-state index contributed by atoms with van der Waals surface area (Å²) in [6.45, 7) is 6.45. The van der Waals surface area contributed by atoms with Crippen LogP contribution in [0.2, 0.25) is 0 Å². The molecule has 4 bridgehead atoms. The van der Waals surface area contributed by atoms with E-state index in [-0.39, 0.29) is 16.7 Å². The van der Waals surface area contributed by atoms with Gasteiger partial charge in [-0.25, -0.2) is 10.1 Å². The smallest absolute Gasteiger partial charge is 0.246 e. The third kappa shape index (κ3) is 3.46. The molecule has 30 heavy (non-hydrogen) atoms. The van der Waals surface area contributed by atoms with Crippen molar-refractivity contribution in [3.63, 3.8) is 0 Å². The van der Waals surface area contributed by atoms with Crippen LogP contribution in [0, 0.1) is 23.2 Å². The first-order valence-corrected chi connectivity index (χ1v) is 11.2. The molecule has 1 aromatic heterocycles. The number of hydrazone groups is 1. The van der Waals surface area contributed by atoms with E-state index in [4.69, 9.17) is 0 Å². The van der Waals surface area contributed by atoms with Gasteiger partial charge in [0.05, 0.1) is 29.2 Å². The summed E-state index contributed by atoms with van der Waals surface area (Å²) < 4.78 is 1.87. The lowest BCUT2D eigenvalue weighted by Crippen LogP contribution is -2.52. The van der Waals surface area contributed by atoms with Gasteiger partial charge in [-0.2, -0.15) is 5.10 Å². The molecule has 1 aromatic carbocycles. The Labute approximate surface area is 178 Å². The molecule has 1 heterocycles. The number of nitrogens with one attached hydrogen (secondary N) is 1. The van der Waals surface area contributed by atoms with Crippen molar-refractivity contribution in [2.24, 2.45) is 28.3 Å². The fourth-order valence-corrected chi connectivity index (χ4v) is 6.31. The molecule has 6 rings (SSSR count). The van der Waals surface area contributed by atoms with Crippen LogP contribution in [-0.4, -0.2) is 27.1 Å². The summed E-state index contributed by atoms with van der Waals surface area (Å²) in [5, 5.41) is 12.6. The number of amides is 1. The second-order valence-electron chi connectivity index (χ2n) is 10.8. The lowest BCUT2D eigenvalue weighted by Gasteiger charge is -2.55. The maximum Gasteiger partial charge on any atom is 0.246 e. The van der Waals surface area contributed by atoms with Crippen molar-refractivity contribution in [3.05, 3.63) is 41.7 Å². The van der Waals surface area contributed by atoms with E-state index < -0.39 is 0 Å². The highest BCUT2D eigenvalue weighted by Crippen LogP contribution is 2.60. The van der Waals surface area contributed by atoms with Crippen LogP contribution < -0.4 is 5.43 Å². The molecule has 4 fully saturated rings. The molecule has 6 nitrogen and oxygen atoms in total. The number of carbonyl (C=O) groups is 1. The van der Waals surface area contributed by atoms with Gasteiger partial charge in [0.2, 0.25) is 5.91 Å². The molecular weight excluding hydrogens is 374 g/mol. The number of hydrogen-bond donors (Lipinski definition) is 1. The number of rotatable bonds is 4. The van der Waals surface area contributed by atoms with Crippen molar-refractivity contribution >= 4 is 12.1 Å². The van der Waals surface area contributed by atoms with Crippen molar-refractivity contribution < 1.29 is 4.79 Å². The van der Waals surface area contributed by atoms with Crippen molar-refractivity contribution in [2.45, 2.75) is 64.7 Å². The summed E-state index contributed by atoms with van der Waals surface area (Å²) in [4.78, 5) is 13.0. The number of benzene rings is 1. The molecule has 2 aromatic rings. The average Bonchev–Trinajstić information content (AvgIpc) is 3.18. The second kappa shape index (κ2) is 7.03. The molecule has 0 unspecified atom stereocenters. The Morgan fingerprint density at radius 3 is 2.27 bits per heavy atom. The van der Waals surface area contributed by atoms with Crippen molar-refractivity contribution in [2.75, 3.05) is 0 Å². The Bertz CT molecular complexity index is 931. The van der Waals surface area contributed by atoms with Crippen LogP contribution in [0.4, 0.5) is 0 Å². The quantitative estimate of drug-likeness (QED) is 0.611. The zero-order valence-corrected chi connectivity index (χ0v) is 18.1. The second-order valence-corrected chi connectivity index (χ2v) is 10.8. The molecule has 0 aliphatic heterocycles. The SMILES string of the molecule is CC(C)(C)c1cnnn1-c1ccc(C=NNC(=O)C23CC4CC(CC(C4)C2)C3)cc1. The first-order valence-electron chi connectivity index (χ1n) is 11.2. The summed E-state index contributed by atoms with van der Waals surface area (Å²) in [7, 11) is 0. The number of nitrogens with zero attached hydrogens (tertiary/aromatic N) is 4. The van der Waals surface area contributed by atoms with E-state index in [2.05, 4.69) is 41.6 Å². The summed E-state index contributed by atoms with van der Waals surface area (Å²) in [5.74, 6) is 2.40. The van der Waals surface area contributed by atoms with Gasteiger partial charge in [0.25, 0.3) is 0 Å². The Kier molecular flexibility index (Phi) is 4.56. The fourth-order valence-electron chi connectivity index (χ4n) is 6.31. The Balaban J connectivity index is 1.25. The lowest BCUT2D eigenvalue weighted by atomic mass is 9.49. The minimum absolute atomic E-state index is 0.0365. The number of hydrogen-bond acceptors (Lipinski definition) is 4. The highest BCUT2D eigenvalue weighted by Gasteiger charge is 2.54. The van der Waals surface area contributed by atoms with Gasteiger partial charge in [0.1, 0.15) is 0 Å². The molecule has 4 saturated carbocycles. The lowest BCUT2D eigenvalue weighted by molar-refractivity contribution is -0.146. The summed E-state index contributed by atoms with van der Waals surface area (Å²) >= 11 is 0. The van der Waals surface area contributed by atoms with E-state index >= 15 is 0 Å². The van der Waals surface area contributed by atoms with Gasteiger partial charge in [-0.1, -0.05) is 38.1 Å². The molecule has 6 heteroatoms. The van der Waals surface area contributed by atoms with Crippen LogP contribution in [0.1, 0.15) is 70.6 Å².